The molecule has 0 saturated heterocycles. The highest BCUT2D eigenvalue weighted by molar-refractivity contribution is 5.89. The average molecular weight is 321 g/mol. The second-order valence-electron chi connectivity index (χ2n) is 4.90. The lowest BCUT2D eigenvalue weighted by molar-refractivity contribution is 0.0121. The standard InChI is InChI=1S/C15H10F3N3O2/c1-3-9-13(15(2,17)18)19-6-10(20-9)7-4-5-8(16)11-12(7)23-14(22)21-11/h3-6H,1H2,2H3,(H,21,22). The van der Waals surface area contributed by atoms with Crippen LogP contribution < -0.4 is 5.76 Å². The number of nitrogens with zero attached hydrogens (tertiary/aromatic N) is 2. The highest BCUT2D eigenvalue weighted by Gasteiger charge is 2.30. The molecule has 0 radical (unpaired) electrons. The van der Waals surface area contributed by atoms with E-state index in [1.807, 2.05) is 0 Å². The Labute approximate surface area is 127 Å². The van der Waals surface area contributed by atoms with Crippen LogP contribution in [0.15, 0.2) is 34.1 Å². The number of nitrogens with one attached hydrogen (secondary N) is 1. The molecule has 0 atom stereocenters. The number of aromatic nitrogens is 3. The molecule has 23 heavy (non-hydrogen) atoms. The summed E-state index contributed by atoms with van der Waals surface area (Å²) in [6.07, 6.45) is 2.26. The van der Waals surface area contributed by atoms with Crippen molar-refractivity contribution in [1.82, 2.24) is 15.0 Å². The summed E-state index contributed by atoms with van der Waals surface area (Å²) in [4.78, 5) is 21.3. The average Bonchev–Trinajstić information content (AvgIpc) is 2.88. The van der Waals surface area contributed by atoms with Gasteiger partial charge in [0, 0.05) is 12.5 Å². The summed E-state index contributed by atoms with van der Waals surface area (Å²) in [7, 11) is 0. The van der Waals surface area contributed by atoms with Crippen molar-refractivity contribution in [3.05, 3.63) is 52.7 Å². The van der Waals surface area contributed by atoms with Crippen LogP contribution in [0.1, 0.15) is 18.3 Å². The van der Waals surface area contributed by atoms with E-state index >= 15 is 0 Å². The van der Waals surface area contributed by atoms with E-state index in [-0.39, 0.29) is 28.1 Å². The Morgan fingerprint density at radius 2 is 2.13 bits per heavy atom. The number of oxazole rings is 1. The van der Waals surface area contributed by atoms with Gasteiger partial charge >= 0.3 is 5.76 Å². The van der Waals surface area contributed by atoms with Crippen LogP contribution in [0.25, 0.3) is 28.4 Å². The van der Waals surface area contributed by atoms with Crippen molar-refractivity contribution in [2.45, 2.75) is 12.8 Å². The number of alkyl halides is 2. The van der Waals surface area contributed by atoms with Crippen LogP contribution >= 0.6 is 0 Å². The van der Waals surface area contributed by atoms with Crippen molar-refractivity contribution in [3.63, 3.8) is 0 Å². The van der Waals surface area contributed by atoms with Crippen molar-refractivity contribution in [2.24, 2.45) is 0 Å². The number of H-pyrrole nitrogens is 1. The minimum absolute atomic E-state index is 0.0599. The van der Waals surface area contributed by atoms with Gasteiger partial charge in [0.2, 0.25) is 0 Å². The molecule has 5 nitrogen and oxygen atoms in total. The molecule has 1 N–H and O–H groups in total. The van der Waals surface area contributed by atoms with Gasteiger partial charge in [-0.3, -0.25) is 9.97 Å². The lowest BCUT2D eigenvalue weighted by atomic mass is 10.1. The molecule has 0 aliphatic carbocycles. The van der Waals surface area contributed by atoms with Gasteiger partial charge in [-0.15, -0.1) is 0 Å². The quantitative estimate of drug-likeness (QED) is 0.802. The lowest BCUT2D eigenvalue weighted by Crippen LogP contribution is -2.13. The lowest BCUT2D eigenvalue weighted by Gasteiger charge is -2.13. The van der Waals surface area contributed by atoms with Crippen molar-refractivity contribution in [3.8, 4) is 11.3 Å². The molecule has 0 saturated carbocycles. The Morgan fingerprint density at radius 1 is 1.39 bits per heavy atom. The molecule has 0 amide bonds. The first-order valence-corrected chi connectivity index (χ1v) is 6.50. The summed E-state index contributed by atoms with van der Waals surface area (Å²) in [6.45, 7) is 4.14. The number of hydrogen-bond donors (Lipinski definition) is 1. The SMILES string of the molecule is C=Cc1nc(-c2ccc(F)c3[nH]c(=O)oc23)cnc1C(C)(F)F. The predicted molar refractivity (Wildman–Crippen MR) is 77.5 cm³/mol. The van der Waals surface area contributed by atoms with E-state index in [1.165, 1.54) is 6.07 Å². The largest absolute Gasteiger partial charge is 0.417 e. The van der Waals surface area contributed by atoms with E-state index in [2.05, 4.69) is 21.5 Å². The molecule has 8 heteroatoms. The molecule has 2 aromatic heterocycles. The van der Waals surface area contributed by atoms with E-state index in [4.69, 9.17) is 4.42 Å². The topological polar surface area (TPSA) is 71.8 Å². The van der Waals surface area contributed by atoms with E-state index in [0.29, 0.717) is 6.92 Å². The van der Waals surface area contributed by atoms with Crippen molar-refractivity contribution < 1.29 is 17.6 Å². The molecule has 3 rings (SSSR count). The van der Waals surface area contributed by atoms with Crippen LogP contribution in [0.3, 0.4) is 0 Å². The molecule has 0 aliphatic rings. The van der Waals surface area contributed by atoms with E-state index in [1.54, 1.807) is 0 Å². The number of rotatable bonds is 3. The molecule has 0 spiro atoms. The van der Waals surface area contributed by atoms with Gasteiger partial charge in [-0.05, 0) is 18.2 Å². The molecule has 3 aromatic rings. The van der Waals surface area contributed by atoms with Gasteiger partial charge in [0.15, 0.2) is 11.4 Å². The van der Waals surface area contributed by atoms with Crippen LogP contribution in [0.2, 0.25) is 0 Å². The third kappa shape index (κ3) is 2.52. The van der Waals surface area contributed by atoms with Gasteiger partial charge in [-0.2, -0.15) is 8.78 Å². The molecule has 118 valence electrons. The highest BCUT2D eigenvalue weighted by Crippen LogP contribution is 2.31. The van der Waals surface area contributed by atoms with Gasteiger partial charge in [-0.1, -0.05) is 6.58 Å². The minimum atomic E-state index is -3.19. The molecular formula is C15H10F3N3O2. The fourth-order valence-corrected chi connectivity index (χ4v) is 2.22. The molecule has 0 bridgehead atoms. The fraction of sp³-hybridized carbons (Fsp3) is 0.133. The molecule has 1 aromatic carbocycles. The minimum Gasteiger partial charge on any atom is -0.407 e. The summed E-state index contributed by atoms with van der Waals surface area (Å²) in [6, 6.07) is 2.44. The first-order chi connectivity index (χ1) is 10.8. The summed E-state index contributed by atoms with van der Waals surface area (Å²) in [5.74, 6) is -4.70. The maximum atomic E-state index is 13.7. The van der Waals surface area contributed by atoms with Gasteiger partial charge in [0.05, 0.1) is 17.6 Å². The maximum Gasteiger partial charge on any atom is 0.417 e. The van der Waals surface area contributed by atoms with Crippen LogP contribution in [-0.4, -0.2) is 15.0 Å². The third-order valence-electron chi connectivity index (χ3n) is 3.21. The van der Waals surface area contributed by atoms with Crippen molar-refractivity contribution >= 4 is 17.2 Å². The first kappa shape index (κ1) is 15.0. The Kier molecular flexibility index (Phi) is 3.32. The molecule has 2 heterocycles. The number of hydrogen-bond acceptors (Lipinski definition) is 4. The Balaban J connectivity index is 2.26. The zero-order valence-corrected chi connectivity index (χ0v) is 11.9. The Bertz CT molecular complexity index is 970. The molecule has 0 fully saturated rings. The number of benzene rings is 1. The monoisotopic (exact) mass is 321 g/mol. The number of halogens is 3. The van der Waals surface area contributed by atoms with E-state index < -0.39 is 23.2 Å². The van der Waals surface area contributed by atoms with Gasteiger partial charge in [0.1, 0.15) is 11.2 Å². The second-order valence-corrected chi connectivity index (χ2v) is 4.90. The van der Waals surface area contributed by atoms with Crippen molar-refractivity contribution in [1.29, 1.82) is 0 Å². The number of fused-ring (bicyclic) bond motifs is 1. The van der Waals surface area contributed by atoms with Crippen molar-refractivity contribution in [2.75, 3.05) is 0 Å². The molecule has 0 aliphatic heterocycles. The second kappa shape index (κ2) is 5.08. The smallest absolute Gasteiger partial charge is 0.407 e. The summed E-state index contributed by atoms with van der Waals surface area (Å²) >= 11 is 0. The normalized spacial score (nSPS) is 11.8. The molecule has 0 unspecified atom stereocenters. The van der Waals surface area contributed by atoms with Gasteiger partial charge < -0.3 is 4.42 Å². The van der Waals surface area contributed by atoms with Crippen LogP contribution in [-0.2, 0) is 5.92 Å². The van der Waals surface area contributed by atoms with Crippen LogP contribution in [0.4, 0.5) is 13.2 Å². The summed E-state index contributed by atoms with van der Waals surface area (Å²) < 4.78 is 45.6. The summed E-state index contributed by atoms with van der Waals surface area (Å²) in [5, 5.41) is 0. The zero-order valence-electron chi connectivity index (χ0n) is 11.9. The maximum absolute atomic E-state index is 13.7. The van der Waals surface area contributed by atoms with E-state index in [9.17, 15) is 18.0 Å². The Hall–Kier alpha value is -2.90. The summed E-state index contributed by atoms with van der Waals surface area (Å²) in [5.41, 5.74) is -0.410. The third-order valence-corrected chi connectivity index (χ3v) is 3.21. The fourth-order valence-electron chi connectivity index (χ4n) is 2.22. The first-order valence-electron chi connectivity index (χ1n) is 6.50. The predicted octanol–water partition coefficient (Wildman–Crippen LogP) is 3.47. The van der Waals surface area contributed by atoms with Gasteiger partial charge in [0.25, 0.3) is 5.92 Å². The number of aromatic amines is 1. The Morgan fingerprint density at radius 3 is 2.78 bits per heavy atom. The zero-order chi connectivity index (χ0) is 16.8. The van der Waals surface area contributed by atoms with Crippen LogP contribution in [0.5, 0.6) is 0 Å². The highest BCUT2D eigenvalue weighted by atomic mass is 19.3. The van der Waals surface area contributed by atoms with Gasteiger partial charge in [-0.25, -0.2) is 14.2 Å². The molecular weight excluding hydrogens is 311 g/mol. The van der Waals surface area contributed by atoms with E-state index in [0.717, 1.165) is 18.3 Å². The van der Waals surface area contributed by atoms with Crippen LogP contribution in [0, 0.1) is 5.82 Å².